The average Bonchev–Trinajstić information content (AvgIpc) is 2.03. The molecule has 0 unspecified atom stereocenters. The monoisotopic (exact) mass is 181 g/mol. The van der Waals surface area contributed by atoms with Crippen LogP contribution in [0, 0.1) is 0 Å². The molecule has 13 heavy (non-hydrogen) atoms. The van der Waals surface area contributed by atoms with Gasteiger partial charge in [-0.3, -0.25) is 4.79 Å². The normalized spacial score (nSPS) is 11.4. The molecular formula is C10H15NO2. The van der Waals surface area contributed by atoms with E-state index < -0.39 is 0 Å². The summed E-state index contributed by atoms with van der Waals surface area (Å²) in [5.74, 6) is 0. The number of hydrogen-bond donors (Lipinski definition) is 0. The molecular weight excluding hydrogens is 166 g/mol. The minimum atomic E-state index is -0.143. The Bertz CT molecular complexity index is 347. The highest BCUT2D eigenvalue weighted by Gasteiger charge is 2.14. The van der Waals surface area contributed by atoms with Gasteiger partial charge >= 0.3 is 0 Å². The molecule has 1 heterocycles. The van der Waals surface area contributed by atoms with Crippen LogP contribution in [0.15, 0.2) is 23.1 Å². The maximum absolute atomic E-state index is 11.2. The van der Waals surface area contributed by atoms with Crippen LogP contribution in [0.3, 0.4) is 0 Å². The highest BCUT2D eigenvalue weighted by atomic mass is 16.6. The van der Waals surface area contributed by atoms with Crippen LogP contribution < -0.4 is 10.4 Å². The van der Waals surface area contributed by atoms with Gasteiger partial charge in [-0.1, -0.05) is 26.8 Å². The van der Waals surface area contributed by atoms with Crippen molar-refractivity contribution >= 4 is 0 Å². The molecule has 72 valence electrons. The molecule has 1 aromatic heterocycles. The molecule has 0 spiro atoms. The molecule has 0 saturated carbocycles. The molecule has 0 aliphatic heterocycles. The summed E-state index contributed by atoms with van der Waals surface area (Å²) in [5.41, 5.74) is 0.970. The first-order chi connectivity index (χ1) is 5.95. The van der Waals surface area contributed by atoms with Crippen molar-refractivity contribution in [3.05, 3.63) is 34.2 Å². The van der Waals surface area contributed by atoms with Crippen LogP contribution in [0.5, 0.6) is 0 Å². The minimum absolute atomic E-state index is 0.0357. The average molecular weight is 181 g/mol. The summed E-state index contributed by atoms with van der Waals surface area (Å²) in [6.45, 7) is 6.27. The lowest BCUT2D eigenvalue weighted by molar-refractivity contribution is 0.155. The molecule has 0 saturated heterocycles. The van der Waals surface area contributed by atoms with E-state index >= 15 is 0 Å². The molecule has 0 aliphatic carbocycles. The molecule has 0 bridgehead atoms. The first-order valence-electron chi connectivity index (χ1n) is 4.23. The molecule has 0 aliphatic rings. The number of nitrogens with zero attached hydrogens (tertiary/aromatic N) is 1. The number of hydrogen-bond acceptors (Lipinski definition) is 2. The van der Waals surface area contributed by atoms with Crippen LogP contribution >= 0.6 is 0 Å². The van der Waals surface area contributed by atoms with Crippen molar-refractivity contribution < 1.29 is 4.84 Å². The summed E-state index contributed by atoms with van der Waals surface area (Å²) < 4.78 is 1.24. The summed E-state index contributed by atoms with van der Waals surface area (Å²) in [7, 11) is 1.48. The lowest BCUT2D eigenvalue weighted by Crippen LogP contribution is -2.26. The number of rotatable bonds is 1. The maximum Gasteiger partial charge on any atom is 0.282 e. The lowest BCUT2D eigenvalue weighted by Gasteiger charge is -2.19. The third-order valence-electron chi connectivity index (χ3n) is 1.94. The lowest BCUT2D eigenvalue weighted by atomic mass is 9.88. The fourth-order valence-corrected chi connectivity index (χ4v) is 1.05. The van der Waals surface area contributed by atoms with E-state index in [2.05, 4.69) is 20.8 Å². The molecule has 0 N–H and O–H groups in total. The van der Waals surface area contributed by atoms with Gasteiger partial charge in [-0.2, -0.15) is 4.73 Å². The van der Waals surface area contributed by atoms with Gasteiger partial charge in [0.1, 0.15) is 7.11 Å². The zero-order valence-electron chi connectivity index (χ0n) is 8.50. The second-order valence-corrected chi connectivity index (χ2v) is 4.01. The van der Waals surface area contributed by atoms with Crippen LogP contribution in [0.1, 0.15) is 26.3 Å². The number of pyridine rings is 1. The fourth-order valence-electron chi connectivity index (χ4n) is 1.05. The van der Waals surface area contributed by atoms with Gasteiger partial charge < -0.3 is 4.84 Å². The van der Waals surface area contributed by atoms with E-state index in [1.165, 1.54) is 17.9 Å². The molecule has 3 heteroatoms. The smallest absolute Gasteiger partial charge is 0.282 e. The van der Waals surface area contributed by atoms with Crippen molar-refractivity contribution in [2.75, 3.05) is 7.11 Å². The minimum Gasteiger partial charge on any atom is -0.414 e. The van der Waals surface area contributed by atoms with E-state index in [4.69, 9.17) is 4.84 Å². The van der Waals surface area contributed by atoms with Gasteiger partial charge in [0.25, 0.3) is 5.56 Å². The molecule has 1 rings (SSSR count). The second-order valence-electron chi connectivity index (χ2n) is 4.01. The van der Waals surface area contributed by atoms with Gasteiger partial charge in [0.2, 0.25) is 0 Å². The van der Waals surface area contributed by atoms with Gasteiger partial charge in [-0.25, -0.2) is 0 Å². The van der Waals surface area contributed by atoms with Crippen LogP contribution in [-0.2, 0) is 5.41 Å². The van der Waals surface area contributed by atoms with Gasteiger partial charge in [-0.15, -0.1) is 0 Å². The third-order valence-corrected chi connectivity index (χ3v) is 1.94. The first-order valence-corrected chi connectivity index (χ1v) is 4.23. The Morgan fingerprint density at radius 2 is 1.92 bits per heavy atom. The van der Waals surface area contributed by atoms with E-state index in [-0.39, 0.29) is 11.0 Å². The molecule has 0 aromatic carbocycles. The Balaban J connectivity index is 3.22. The van der Waals surface area contributed by atoms with Crippen molar-refractivity contribution in [2.45, 2.75) is 26.2 Å². The van der Waals surface area contributed by atoms with Crippen LogP contribution in [0.2, 0.25) is 0 Å². The van der Waals surface area contributed by atoms with Crippen molar-refractivity contribution in [1.82, 2.24) is 4.73 Å². The molecule has 0 amide bonds. The van der Waals surface area contributed by atoms with Crippen molar-refractivity contribution in [3.63, 3.8) is 0 Å². The Morgan fingerprint density at radius 1 is 1.31 bits per heavy atom. The zero-order chi connectivity index (χ0) is 10.1. The maximum atomic E-state index is 11.2. The van der Waals surface area contributed by atoms with E-state index in [0.29, 0.717) is 0 Å². The van der Waals surface area contributed by atoms with Crippen LogP contribution in [0.25, 0.3) is 0 Å². The molecule has 0 radical (unpaired) electrons. The molecule has 0 atom stereocenters. The summed E-state index contributed by atoms with van der Waals surface area (Å²) in [5, 5.41) is 0. The summed E-state index contributed by atoms with van der Waals surface area (Å²) in [4.78, 5) is 16.1. The summed E-state index contributed by atoms with van der Waals surface area (Å²) >= 11 is 0. The molecule has 0 fully saturated rings. The third kappa shape index (κ3) is 2.11. The Kier molecular flexibility index (Phi) is 2.45. The Labute approximate surface area is 77.9 Å². The van der Waals surface area contributed by atoms with Crippen molar-refractivity contribution in [3.8, 4) is 0 Å². The highest BCUT2D eigenvalue weighted by molar-refractivity contribution is 5.18. The Morgan fingerprint density at radius 3 is 2.38 bits per heavy atom. The van der Waals surface area contributed by atoms with Crippen molar-refractivity contribution in [1.29, 1.82) is 0 Å². The van der Waals surface area contributed by atoms with E-state index in [1.807, 2.05) is 6.07 Å². The van der Waals surface area contributed by atoms with E-state index in [1.54, 1.807) is 6.20 Å². The topological polar surface area (TPSA) is 31.2 Å². The van der Waals surface area contributed by atoms with Gasteiger partial charge in [0.15, 0.2) is 0 Å². The SMILES string of the molecule is COn1cc(C(C)(C)C)ccc1=O. The fraction of sp³-hybridized carbons (Fsp3) is 0.500. The quantitative estimate of drug-likeness (QED) is 0.652. The van der Waals surface area contributed by atoms with Gasteiger partial charge in [-0.05, 0) is 11.0 Å². The molecule has 3 nitrogen and oxygen atoms in total. The van der Waals surface area contributed by atoms with Crippen molar-refractivity contribution in [2.24, 2.45) is 0 Å². The highest BCUT2D eigenvalue weighted by Crippen LogP contribution is 2.19. The summed E-state index contributed by atoms with van der Waals surface area (Å²) in [6, 6.07) is 3.35. The van der Waals surface area contributed by atoms with Crippen LogP contribution in [-0.4, -0.2) is 11.8 Å². The second kappa shape index (κ2) is 3.24. The Hall–Kier alpha value is -1.25. The molecule has 1 aromatic rings. The number of aromatic nitrogens is 1. The standard InChI is InChI=1S/C10H15NO2/c1-10(2,3)8-5-6-9(12)11(7-8)13-4/h5-7H,1-4H3. The predicted octanol–water partition coefficient (Wildman–Crippen LogP) is 1.20. The largest absolute Gasteiger partial charge is 0.414 e. The summed E-state index contributed by atoms with van der Waals surface area (Å²) in [6.07, 6.45) is 1.72. The first kappa shape index (κ1) is 9.84. The van der Waals surface area contributed by atoms with Gasteiger partial charge in [0.05, 0.1) is 6.20 Å². The van der Waals surface area contributed by atoms with E-state index in [0.717, 1.165) is 5.56 Å². The zero-order valence-corrected chi connectivity index (χ0v) is 8.50. The van der Waals surface area contributed by atoms with Crippen LogP contribution in [0.4, 0.5) is 0 Å². The predicted molar refractivity (Wildman–Crippen MR) is 51.9 cm³/mol. The van der Waals surface area contributed by atoms with Gasteiger partial charge in [0, 0.05) is 6.07 Å². The van der Waals surface area contributed by atoms with E-state index in [9.17, 15) is 4.79 Å².